The van der Waals surface area contributed by atoms with Gasteiger partial charge in [0, 0.05) is 42.9 Å². The molecular weight excluding hydrogens is 551 g/mol. The van der Waals surface area contributed by atoms with E-state index in [2.05, 4.69) is 10.6 Å². The van der Waals surface area contributed by atoms with Gasteiger partial charge in [-0.3, -0.25) is 14.4 Å². The number of aliphatic hydroxyl groups excluding tert-OH is 1. The van der Waals surface area contributed by atoms with Gasteiger partial charge >= 0.3 is 0 Å². The molecule has 3 aromatic rings. The Morgan fingerprint density at radius 1 is 0.930 bits per heavy atom. The second-order valence-electron chi connectivity index (χ2n) is 10.4. The molecule has 0 bridgehead atoms. The Hall–Kier alpha value is -4.28. The van der Waals surface area contributed by atoms with Crippen molar-refractivity contribution in [2.24, 2.45) is 5.73 Å². The fourth-order valence-corrected chi connectivity index (χ4v) is 4.76. The third-order valence-electron chi connectivity index (χ3n) is 6.97. The first-order valence-corrected chi connectivity index (χ1v) is 14.5. The Morgan fingerprint density at radius 2 is 1.58 bits per heavy atom. The highest BCUT2D eigenvalue weighted by Crippen LogP contribution is 2.16. The summed E-state index contributed by atoms with van der Waals surface area (Å²) in [6.45, 7) is 5.58. The Bertz CT molecular complexity index is 1380. The number of methoxy groups -OCH3 is 1. The van der Waals surface area contributed by atoms with E-state index < -0.39 is 29.8 Å². The van der Waals surface area contributed by atoms with Crippen molar-refractivity contribution in [1.82, 2.24) is 15.5 Å². The van der Waals surface area contributed by atoms with Crippen molar-refractivity contribution in [1.29, 1.82) is 0 Å². The van der Waals surface area contributed by atoms with Gasteiger partial charge in [0.15, 0.2) is 0 Å². The molecule has 0 aromatic heterocycles. The van der Waals surface area contributed by atoms with Gasteiger partial charge in [-0.15, -0.1) is 0 Å². The van der Waals surface area contributed by atoms with Gasteiger partial charge in [-0.05, 0) is 72.9 Å². The van der Waals surface area contributed by atoms with E-state index in [1.807, 2.05) is 38.1 Å². The summed E-state index contributed by atoms with van der Waals surface area (Å²) >= 11 is 0. The third kappa shape index (κ3) is 9.90. The number of amides is 3. The second kappa shape index (κ2) is 16.4. The van der Waals surface area contributed by atoms with Crippen molar-refractivity contribution in [3.05, 3.63) is 100 Å². The van der Waals surface area contributed by atoms with E-state index in [9.17, 15) is 23.9 Å². The number of carbonyl (C=O) groups is 3. The lowest BCUT2D eigenvalue weighted by Crippen LogP contribution is -2.48. The molecule has 0 heterocycles. The lowest BCUT2D eigenvalue weighted by Gasteiger charge is -2.25. The molecule has 0 saturated carbocycles. The summed E-state index contributed by atoms with van der Waals surface area (Å²) < 4.78 is 18.8. The van der Waals surface area contributed by atoms with Gasteiger partial charge in [-0.25, -0.2) is 4.39 Å². The van der Waals surface area contributed by atoms with Crippen LogP contribution in [0.25, 0.3) is 0 Å². The zero-order valence-electron chi connectivity index (χ0n) is 24.9. The Labute approximate surface area is 252 Å². The molecular formula is C33H41FN4O5. The minimum atomic E-state index is -1.04. The second-order valence-corrected chi connectivity index (χ2v) is 10.4. The van der Waals surface area contributed by atoms with Crippen LogP contribution in [0.3, 0.4) is 0 Å². The predicted molar refractivity (Wildman–Crippen MR) is 164 cm³/mol. The van der Waals surface area contributed by atoms with Gasteiger partial charge in [0.2, 0.25) is 5.91 Å². The van der Waals surface area contributed by atoms with Crippen LogP contribution >= 0.6 is 0 Å². The smallest absolute Gasteiger partial charge is 0.253 e. The summed E-state index contributed by atoms with van der Waals surface area (Å²) in [5.41, 5.74) is 7.47. The number of benzene rings is 3. The van der Waals surface area contributed by atoms with Gasteiger partial charge in [0.1, 0.15) is 11.6 Å². The number of halogens is 1. The molecule has 2 atom stereocenters. The minimum absolute atomic E-state index is 0.0273. The van der Waals surface area contributed by atoms with Crippen LogP contribution in [0.2, 0.25) is 0 Å². The molecule has 0 radical (unpaired) electrons. The van der Waals surface area contributed by atoms with Crippen molar-refractivity contribution in [2.45, 2.75) is 51.8 Å². The van der Waals surface area contributed by atoms with Gasteiger partial charge in [0.05, 0.1) is 19.3 Å². The Kier molecular flexibility index (Phi) is 12.7. The van der Waals surface area contributed by atoms with Crippen molar-refractivity contribution in [3.63, 3.8) is 0 Å². The summed E-state index contributed by atoms with van der Waals surface area (Å²) in [5.74, 6) is -1.35. The van der Waals surface area contributed by atoms with Gasteiger partial charge in [-0.2, -0.15) is 0 Å². The van der Waals surface area contributed by atoms with Crippen LogP contribution in [-0.2, 0) is 13.0 Å². The van der Waals surface area contributed by atoms with E-state index in [0.29, 0.717) is 30.9 Å². The van der Waals surface area contributed by atoms with E-state index in [0.717, 1.165) is 18.4 Å². The van der Waals surface area contributed by atoms with Crippen LogP contribution in [0.4, 0.5) is 4.39 Å². The summed E-state index contributed by atoms with van der Waals surface area (Å²) in [7, 11) is 1.59. The molecule has 10 heteroatoms. The average Bonchev–Trinajstić information content (AvgIpc) is 3.01. The van der Waals surface area contributed by atoms with Crippen molar-refractivity contribution in [3.8, 4) is 5.75 Å². The lowest BCUT2D eigenvalue weighted by atomic mass is 9.99. The van der Waals surface area contributed by atoms with Crippen LogP contribution in [0.5, 0.6) is 5.75 Å². The number of carbonyl (C=O) groups excluding carboxylic acids is 3. The monoisotopic (exact) mass is 592 g/mol. The molecule has 9 nitrogen and oxygen atoms in total. The van der Waals surface area contributed by atoms with Crippen LogP contribution in [0.1, 0.15) is 68.9 Å². The van der Waals surface area contributed by atoms with Gasteiger partial charge < -0.3 is 31.1 Å². The molecule has 0 aliphatic rings. The minimum Gasteiger partial charge on any atom is -0.497 e. The fraction of sp³-hybridized carbons (Fsp3) is 0.364. The van der Waals surface area contributed by atoms with Crippen molar-refractivity contribution >= 4 is 17.7 Å². The Morgan fingerprint density at radius 3 is 2.21 bits per heavy atom. The standard InChI is InChI=1S/C33H41FN4O5/c1-4-13-38(14-5-2)33(42)26-18-24(31(35)40)17-25(19-26)32(41)37-29(16-22-9-11-27(34)12-10-22)30(39)21-36-20-23-7-6-8-28(15-23)43-3/h6-12,15,17-19,29-30,36,39H,4-5,13-14,16,20-21H2,1-3H3,(H2,35,40)(H,37,41). The summed E-state index contributed by atoms with van der Waals surface area (Å²) in [6.07, 6.45) is 0.674. The first-order valence-electron chi connectivity index (χ1n) is 14.5. The Balaban J connectivity index is 1.84. The highest BCUT2D eigenvalue weighted by Gasteiger charge is 2.25. The number of ether oxygens (including phenoxy) is 1. The SMILES string of the molecule is CCCN(CCC)C(=O)c1cc(C(N)=O)cc(C(=O)NC(Cc2ccc(F)cc2)C(O)CNCc2cccc(OC)c2)c1. The third-order valence-corrected chi connectivity index (χ3v) is 6.97. The van der Waals surface area contributed by atoms with Gasteiger partial charge in [-0.1, -0.05) is 38.1 Å². The van der Waals surface area contributed by atoms with Gasteiger partial charge in [0.25, 0.3) is 11.8 Å². The normalized spacial score (nSPS) is 12.3. The largest absolute Gasteiger partial charge is 0.497 e. The highest BCUT2D eigenvalue weighted by atomic mass is 19.1. The molecule has 0 aliphatic carbocycles. The number of nitrogens with two attached hydrogens (primary N) is 1. The first kappa shape index (κ1) is 33.2. The van der Waals surface area contributed by atoms with E-state index in [1.54, 1.807) is 24.1 Å². The zero-order chi connectivity index (χ0) is 31.4. The molecule has 3 rings (SSSR count). The van der Waals surface area contributed by atoms with E-state index in [4.69, 9.17) is 10.5 Å². The number of nitrogens with zero attached hydrogens (tertiary/aromatic N) is 1. The maximum atomic E-state index is 13.5. The number of hydrogen-bond acceptors (Lipinski definition) is 6. The number of rotatable bonds is 16. The number of aliphatic hydroxyl groups is 1. The molecule has 3 amide bonds. The van der Waals surface area contributed by atoms with E-state index in [-0.39, 0.29) is 35.6 Å². The molecule has 0 aliphatic heterocycles. The maximum Gasteiger partial charge on any atom is 0.253 e. The van der Waals surface area contributed by atoms with Crippen LogP contribution in [0.15, 0.2) is 66.7 Å². The van der Waals surface area contributed by atoms with Crippen molar-refractivity contribution < 1.29 is 28.6 Å². The van der Waals surface area contributed by atoms with Crippen molar-refractivity contribution in [2.75, 3.05) is 26.7 Å². The first-order chi connectivity index (χ1) is 20.6. The molecule has 0 fully saturated rings. The average molecular weight is 593 g/mol. The topological polar surface area (TPSA) is 134 Å². The predicted octanol–water partition coefficient (Wildman–Crippen LogP) is 3.69. The number of hydrogen-bond donors (Lipinski definition) is 4. The van der Waals surface area contributed by atoms with Crippen LogP contribution < -0.4 is 21.1 Å². The highest BCUT2D eigenvalue weighted by molar-refractivity contribution is 6.04. The fourth-order valence-electron chi connectivity index (χ4n) is 4.76. The quantitative estimate of drug-likeness (QED) is 0.201. The van der Waals surface area contributed by atoms with E-state index in [1.165, 1.54) is 30.3 Å². The molecule has 230 valence electrons. The summed E-state index contributed by atoms with van der Waals surface area (Å²) in [6, 6.07) is 16.7. The molecule has 3 aromatic carbocycles. The number of nitrogens with one attached hydrogen (secondary N) is 2. The molecule has 0 saturated heterocycles. The summed E-state index contributed by atoms with van der Waals surface area (Å²) in [4.78, 5) is 40.7. The van der Waals surface area contributed by atoms with Crippen LogP contribution in [0, 0.1) is 5.82 Å². The molecule has 2 unspecified atom stereocenters. The number of primary amides is 1. The maximum absolute atomic E-state index is 13.5. The van der Waals surface area contributed by atoms with E-state index >= 15 is 0 Å². The van der Waals surface area contributed by atoms with Crippen LogP contribution in [-0.4, -0.2) is 66.6 Å². The zero-order valence-corrected chi connectivity index (χ0v) is 24.9. The lowest BCUT2D eigenvalue weighted by molar-refractivity contribution is 0.0755. The molecule has 5 N–H and O–H groups in total. The molecule has 0 spiro atoms. The molecule has 43 heavy (non-hydrogen) atoms. The summed E-state index contributed by atoms with van der Waals surface area (Å²) in [5, 5.41) is 17.2.